The summed E-state index contributed by atoms with van der Waals surface area (Å²) in [6.07, 6.45) is 19.9. The molecule has 0 bridgehead atoms. The smallest absolute Gasteiger partial charge is 0.159 e. The summed E-state index contributed by atoms with van der Waals surface area (Å²) in [6, 6.07) is 69.5. The number of fused-ring (bicyclic) bond motifs is 4. The van der Waals surface area contributed by atoms with Crippen molar-refractivity contribution in [3.63, 3.8) is 0 Å². The molecule has 8 aromatic carbocycles. The quantitative estimate of drug-likeness (QED) is 0.145. The van der Waals surface area contributed by atoms with Gasteiger partial charge in [0.05, 0.1) is 11.4 Å². The van der Waals surface area contributed by atoms with Crippen LogP contribution in [-0.2, 0) is 6.42 Å². The molecule has 0 saturated carbocycles. The topological polar surface area (TPSA) is 28.9 Å². The van der Waals surface area contributed by atoms with Crippen LogP contribution >= 0.6 is 0 Å². The van der Waals surface area contributed by atoms with E-state index in [0.29, 0.717) is 6.61 Å². The molecule has 318 valence electrons. The molecule has 0 unspecified atom stereocenters. The van der Waals surface area contributed by atoms with E-state index in [1.54, 1.807) is 0 Å². The van der Waals surface area contributed by atoms with Crippen LogP contribution in [0.2, 0.25) is 0 Å². The molecule has 1 aromatic heterocycles. The summed E-state index contributed by atoms with van der Waals surface area (Å²) in [5.74, 6) is 1.83. The van der Waals surface area contributed by atoms with Gasteiger partial charge in [-0.1, -0.05) is 170 Å². The molecule has 66 heavy (non-hydrogen) atoms. The number of ether oxygens (including phenoxy) is 1. The highest BCUT2D eigenvalue weighted by Gasteiger charge is 2.22. The maximum atomic E-state index is 6.57. The van der Waals surface area contributed by atoms with Crippen molar-refractivity contribution in [2.75, 3.05) is 16.4 Å². The number of hydrogen-bond acceptors (Lipinski definition) is 4. The fraction of sp³-hybridized carbons (Fsp3) is 0.0645. The van der Waals surface area contributed by atoms with Crippen molar-refractivity contribution in [1.82, 2.24) is 0 Å². The summed E-state index contributed by atoms with van der Waals surface area (Å²) in [7, 11) is 0. The molecule has 0 saturated heterocycles. The highest BCUT2D eigenvalue weighted by molar-refractivity contribution is 6.01. The molecule has 0 radical (unpaired) electrons. The molecule has 11 rings (SSSR count). The van der Waals surface area contributed by atoms with Gasteiger partial charge >= 0.3 is 0 Å². The fourth-order valence-corrected chi connectivity index (χ4v) is 9.17. The van der Waals surface area contributed by atoms with Crippen LogP contribution in [0.4, 0.5) is 34.1 Å². The van der Waals surface area contributed by atoms with Gasteiger partial charge in [-0.25, -0.2) is 0 Å². The Morgan fingerprint density at radius 1 is 0.394 bits per heavy atom. The number of para-hydroxylation sites is 4. The van der Waals surface area contributed by atoms with E-state index in [0.717, 1.165) is 92.6 Å². The third-order valence-corrected chi connectivity index (χ3v) is 12.5. The second kappa shape index (κ2) is 18.4. The minimum absolute atomic E-state index is 0.517. The number of anilines is 6. The van der Waals surface area contributed by atoms with Gasteiger partial charge in [-0.2, -0.15) is 0 Å². The van der Waals surface area contributed by atoms with Crippen molar-refractivity contribution in [3.8, 4) is 39.1 Å². The Hall–Kier alpha value is -8.34. The van der Waals surface area contributed by atoms with Gasteiger partial charge in [0, 0.05) is 33.7 Å². The van der Waals surface area contributed by atoms with Crippen LogP contribution in [0.5, 0.6) is 5.75 Å². The van der Waals surface area contributed by atoms with Crippen LogP contribution in [0.1, 0.15) is 29.7 Å². The van der Waals surface area contributed by atoms with E-state index in [2.05, 4.69) is 253 Å². The lowest BCUT2D eigenvalue weighted by Crippen LogP contribution is -2.13. The van der Waals surface area contributed by atoms with Gasteiger partial charge in [-0.3, -0.25) is 0 Å². The molecule has 1 aliphatic carbocycles. The first-order valence-corrected chi connectivity index (χ1v) is 22.8. The normalized spacial score (nSPS) is 14.1. The molecular weight excluding hydrogens is 805 g/mol. The molecule has 2 aliphatic rings. The number of nitrogens with zero attached hydrogens (tertiary/aromatic N) is 2. The summed E-state index contributed by atoms with van der Waals surface area (Å²) < 4.78 is 13.1. The molecule has 0 atom stereocenters. The van der Waals surface area contributed by atoms with E-state index in [-0.39, 0.29) is 0 Å². The zero-order valence-corrected chi connectivity index (χ0v) is 36.6. The van der Waals surface area contributed by atoms with Crippen LogP contribution in [-0.4, -0.2) is 6.61 Å². The Morgan fingerprint density at radius 2 is 0.879 bits per heavy atom. The summed E-state index contributed by atoms with van der Waals surface area (Å²) >= 11 is 0. The molecule has 4 heteroatoms. The Balaban J connectivity index is 0.827. The average Bonchev–Trinajstić information content (AvgIpc) is 3.57. The molecule has 0 spiro atoms. The van der Waals surface area contributed by atoms with Crippen molar-refractivity contribution in [3.05, 3.63) is 247 Å². The van der Waals surface area contributed by atoms with Gasteiger partial charge in [-0.05, 0) is 131 Å². The number of allylic oxidation sites excluding steroid dienone is 5. The zero-order chi connectivity index (χ0) is 44.1. The highest BCUT2D eigenvalue weighted by atomic mass is 16.5. The molecule has 1 aliphatic heterocycles. The van der Waals surface area contributed by atoms with E-state index in [1.165, 1.54) is 27.8 Å². The van der Waals surface area contributed by atoms with Gasteiger partial charge in [0.2, 0.25) is 0 Å². The predicted octanol–water partition coefficient (Wildman–Crippen LogP) is 17.2. The van der Waals surface area contributed by atoms with Crippen molar-refractivity contribution in [1.29, 1.82) is 0 Å². The van der Waals surface area contributed by atoms with E-state index < -0.39 is 0 Å². The molecule has 0 fully saturated rings. The maximum Gasteiger partial charge on any atom is 0.159 e. The first kappa shape index (κ1) is 40.4. The molecule has 0 amide bonds. The van der Waals surface area contributed by atoms with E-state index in [4.69, 9.17) is 9.15 Å². The summed E-state index contributed by atoms with van der Waals surface area (Å²) in [5.41, 5.74) is 16.6. The van der Waals surface area contributed by atoms with Crippen molar-refractivity contribution >= 4 is 57.2 Å². The lowest BCUT2D eigenvalue weighted by atomic mass is 9.97. The van der Waals surface area contributed by atoms with E-state index in [1.807, 2.05) is 0 Å². The number of furan rings is 1. The first-order chi connectivity index (χ1) is 32.7. The fourth-order valence-electron chi connectivity index (χ4n) is 9.17. The summed E-state index contributed by atoms with van der Waals surface area (Å²) in [4.78, 5) is 4.59. The third kappa shape index (κ3) is 8.17. The van der Waals surface area contributed by atoms with E-state index >= 15 is 0 Å². The van der Waals surface area contributed by atoms with Crippen molar-refractivity contribution < 1.29 is 9.15 Å². The lowest BCUT2D eigenvalue weighted by Gasteiger charge is -2.28. The summed E-state index contributed by atoms with van der Waals surface area (Å²) in [6.45, 7) is 0.517. The van der Waals surface area contributed by atoms with Gasteiger partial charge in [0.15, 0.2) is 5.58 Å². The van der Waals surface area contributed by atoms with Crippen LogP contribution in [0, 0.1) is 0 Å². The molecular formula is C62H48N2O2. The Kier molecular flexibility index (Phi) is 11.3. The second-order valence-electron chi connectivity index (χ2n) is 16.6. The number of rotatable bonds is 9. The maximum absolute atomic E-state index is 6.57. The molecule has 4 nitrogen and oxygen atoms in total. The Morgan fingerprint density at radius 3 is 1.47 bits per heavy atom. The summed E-state index contributed by atoms with van der Waals surface area (Å²) in [5, 5.41) is 1.11. The largest absolute Gasteiger partial charge is 0.487 e. The molecule has 0 N–H and O–H groups in total. The number of benzene rings is 8. The van der Waals surface area contributed by atoms with Crippen LogP contribution in [0.15, 0.2) is 235 Å². The minimum atomic E-state index is 0.517. The minimum Gasteiger partial charge on any atom is -0.487 e. The lowest BCUT2D eigenvalue weighted by molar-refractivity contribution is 0.360. The Labute approximate surface area is 387 Å². The van der Waals surface area contributed by atoms with Crippen molar-refractivity contribution in [2.24, 2.45) is 0 Å². The second-order valence-corrected chi connectivity index (χ2v) is 16.6. The SMILES string of the molecule is C1=Cc2oc3c(N(c4ccccc4)c4ccc(-c5ccc(-c6ccc(-c7ccc(N(c8ccccc8)c8cccc9c8OC/C=C\C=C/CC9)cc7)cc6)cc5)cc4)cccc3c2C=CC1. The molecule has 2 heterocycles. The first-order valence-electron chi connectivity index (χ1n) is 22.8. The predicted molar refractivity (Wildman–Crippen MR) is 277 cm³/mol. The monoisotopic (exact) mass is 852 g/mol. The van der Waals surface area contributed by atoms with Crippen molar-refractivity contribution in [2.45, 2.75) is 19.3 Å². The van der Waals surface area contributed by atoms with Gasteiger partial charge in [-0.15, -0.1) is 0 Å². The van der Waals surface area contributed by atoms with Crippen LogP contribution in [0.3, 0.4) is 0 Å². The van der Waals surface area contributed by atoms with Gasteiger partial charge in [0.1, 0.15) is 18.1 Å². The zero-order valence-electron chi connectivity index (χ0n) is 36.6. The number of hydrogen-bond donors (Lipinski definition) is 0. The molecule has 9 aromatic rings. The van der Waals surface area contributed by atoms with Crippen LogP contribution < -0.4 is 14.5 Å². The number of aryl methyl sites for hydroxylation is 1. The van der Waals surface area contributed by atoms with Gasteiger partial charge < -0.3 is 19.0 Å². The highest BCUT2D eigenvalue weighted by Crippen LogP contribution is 2.45. The van der Waals surface area contributed by atoms with E-state index in [9.17, 15) is 0 Å². The average molecular weight is 853 g/mol. The standard InChI is InChI=1S/C62H48N2O2/c1-2-7-17-51-18-15-25-58(61(51)65-44-14-3-1)63(52-19-8-4-9-20-52)54-40-36-49(37-41-54)47-32-28-45(29-33-47)46-30-34-48(35-31-46)50-38-42-55(43-39-50)64(53-21-10-5-11-22-53)59-26-16-24-57-56-23-12-6-13-27-60(56)66-62(57)59/h1-5,8-16,18-43H,6-7,17,44H2/b2-1-,14-3-. The van der Waals surface area contributed by atoms with Gasteiger partial charge in [0.25, 0.3) is 0 Å². The Bertz CT molecular complexity index is 3230. The van der Waals surface area contributed by atoms with Crippen LogP contribution in [0.25, 0.3) is 56.5 Å². The third-order valence-electron chi connectivity index (χ3n) is 12.5.